The number of hydrogen-bond donors (Lipinski definition) is 1. The first-order valence-corrected chi connectivity index (χ1v) is 7.06. The zero-order valence-electron chi connectivity index (χ0n) is 12.4. The zero-order valence-corrected chi connectivity index (χ0v) is 12.4. The first-order valence-electron chi connectivity index (χ1n) is 7.06. The van der Waals surface area contributed by atoms with Crippen LogP contribution in [0.3, 0.4) is 0 Å². The van der Waals surface area contributed by atoms with Crippen molar-refractivity contribution in [3.63, 3.8) is 0 Å². The summed E-state index contributed by atoms with van der Waals surface area (Å²) in [6.45, 7) is 4.09. The Morgan fingerprint density at radius 3 is 2.67 bits per heavy atom. The molecule has 1 heterocycles. The van der Waals surface area contributed by atoms with Gasteiger partial charge in [0.05, 0.1) is 0 Å². The minimum Gasteiger partial charge on any atom is -0.456 e. The highest BCUT2D eigenvalue weighted by Gasteiger charge is 2.15. The zero-order chi connectivity index (χ0) is 15.0. The van der Waals surface area contributed by atoms with Crippen LogP contribution >= 0.6 is 0 Å². The van der Waals surface area contributed by atoms with Crippen LogP contribution in [0.15, 0.2) is 46.9 Å². The number of hydrogen-bond acceptors (Lipinski definition) is 2. The quantitative estimate of drug-likeness (QED) is 0.745. The minimum absolute atomic E-state index is 0.121. The van der Waals surface area contributed by atoms with Gasteiger partial charge in [0, 0.05) is 17.0 Å². The van der Waals surface area contributed by atoms with E-state index in [-0.39, 0.29) is 11.9 Å². The molecule has 0 amide bonds. The van der Waals surface area contributed by atoms with E-state index in [1.807, 2.05) is 45.2 Å². The van der Waals surface area contributed by atoms with Gasteiger partial charge in [-0.3, -0.25) is 0 Å². The molecule has 1 unspecified atom stereocenters. The fourth-order valence-corrected chi connectivity index (χ4v) is 2.57. The Hall–Kier alpha value is -2.13. The van der Waals surface area contributed by atoms with Crippen molar-refractivity contribution in [2.24, 2.45) is 0 Å². The topological polar surface area (TPSA) is 25.2 Å². The first-order chi connectivity index (χ1) is 10.1. The minimum atomic E-state index is -0.256. The molecule has 0 spiro atoms. The van der Waals surface area contributed by atoms with E-state index in [1.54, 1.807) is 0 Å². The van der Waals surface area contributed by atoms with Gasteiger partial charge in [-0.2, -0.15) is 0 Å². The normalized spacial score (nSPS) is 12.8. The maximum atomic E-state index is 13.7. The lowest BCUT2D eigenvalue weighted by Gasteiger charge is -2.14. The fraction of sp³-hybridized carbons (Fsp3) is 0.222. The molecule has 108 valence electrons. The van der Waals surface area contributed by atoms with Crippen molar-refractivity contribution < 1.29 is 8.81 Å². The number of fused-ring (bicyclic) bond motifs is 1. The number of halogens is 1. The number of furan rings is 1. The van der Waals surface area contributed by atoms with Crippen LogP contribution in [0.1, 0.15) is 24.1 Å². The number of nitrogens with one attached hydrogen (secondary N) is 1. The molecule has 21 heavy (non-hydrogen) atoms. The molecule has 0 aliphatic rings. The molecule has 1 N–H and O–H groups in total. The van der Waals surface area contributed by atoms with Crippen molar-refractivity contribution >= 4 is 11.0 Å². The maximum absolute atomic E-state index is 13.7. The molecule has 0 bridgehead atoms. The van der Waals surface area contributed by atoms with E-state index < -0.39 is 0 Å². The van der Waals surface area contributed by atoms with Crippen LogP contribution in [0.25, 0.3) is 22.3 Å². The molecule has 1 aromatic heterocycles. The van der Waals surface area contributed by atoms with Gasteiger partial charge in [0.25, 0.3) is 0 Å². The molecule has 3 heteroatoms. The van der Waals surface area contributed by atoms with Crippen LogP contribution in [-0.4, -0.2) is 7.05 Å². The highest BCUT2D eigenvalue weighted by Crippen LogP contribution is 2.33. The molecule has 0 fully saturated rings. The molecular weight excluding hydrogens is 265 g/mol. The standard InChI is InChI=1S/C18H18FNO/c1-11-4-7-17-13(8-11)9-18(21-17)16-10-14(19)5-6-15(16)12(2)20-3/h4-10,12,20H,1-3H3. The van der Waals surface area contributed by atoms with E-state index in [2.05, 4.69) is 11.4 Å². The lowest BCUT2D eigenvalue weighted by atomic mass is 9.99. The molecule has 0 aliphatic carbocycles. The van der Waals surface area contributed by atoms with Crippen LogP contribution in [0.2, 0.25) is 0 Å². The molecule has 0 aliphatic heterocycles. The highest BCUT2D eigenvalue weighted by atomic mass is 19.1. The van der Waals surface area contributed by atoms with Gasteiger partial charge in [0.1, 0.15) is 17.2 Å². The van der Waals surface area contributed by atoms with Crippen molar-refractivity contribution in [2.45, 2.75) is 19.9 Å². The van der Waals surface area contributed by atoms with Crippen molar-refractivity contribution in [3.8, 4) is 11.3 Å². The van der Waals surface area contributed by atoms with E-state index in [0.717, 1.165) is 22.1 Å². The lowest BCUT2D eigenvalue weighted by Crippen LogP contribution is -2.13. The van der Waals surface area contributed by atoms with E-state index in [9.17, 15) is 4.39 Å². The van der Waals surface area contributed by atoms with Crippen LogP contribution in [0.5, 0.6) is 0 Å². The second kappa shape index (κ2) is 5.34. The van der Waals surface area contributed by atoms with Crippen LogP contribution in [0, 0.1) is 12.7 Å². The van der Waals surface area contributed by atoms with Gasteiger partial charge in [-0.25, -0.2) is 4.39 Å². The summed E-state index contributed by atoms with van der Waals surface area (Å²) in [7, 11) is 1.89. The molecule has 1 atom stereocenters. The Morgan fingerprint density at radius 2 is 1.90 bits per heavy atom. The molecule has 2 nitrogen and oxygen atoms in total. The number of rotatable bonds is 3. The van der Waals surface area contributed by atoms with E-state index in [1.165, 1.54) is 17.7 Å². The Balaban J connectivity index is 2.19. The Morgan fingerprint density at radius 1 is 1.10 bits per heavy atom. The van der Waals surface area contributed by atoms with Crippen molar-refractivity contribution in [1.29, 1.82) is 0 Å². The second-order valence-corrected chi connectivity index (χ2v) is 5.39. The van der Waals surface area contributed by atoms with Gasteiger partial charge < -0.3 is 9.73 Å². The molecule has 3 aromatic rings. The summed E-state index contributed by atoms with van der Waals surface area (Å²) in [4.78, 5) is 0. The van der Waals surface area contributed by atoms with E-state index in [4.69, 9.17) is 4.42 Å². The van der Waals surface area contributed by atoms with Gasteiger partial charge in [-0.1, -0.05) is 17.7 Å². The maximum Gasteiger partial charge on any atom is 0.135 e. The van der Waals surface area contributed by atoms with Crippen LogP contribution < -0.4 is 5.32 Å². The molecule has 0 saturated heterocycles. The molecule has 3 rings (SSSR count). The van der Waals surface area contributed by atoms with E-state index >= 15 is 0 Å². The van der Waals surface area contributed by atoms with E-state index in [0.29, 0.717) is 5.76 Å². The summed E-state index contributed by atoms with van der Waals surface area (Å²) in [5, 5.41) is 4.23. The predicted octanol–water partition coefficient (Wildman–Crippen LogP) is 4.83. The van der Waals surface area contributed by atoms with Crippen LogP contribution in [0.4, 0.5) is 4.39 Å². The monoisotopic (exact) mass is 283 g/mol. The van der Waals surface area contributed by atoms with Gasteiger partial charge in [-0.15, -0.1) is 0 Å². The molecule has 2 aromatic carbocycles. The number of benzene rings is 2. The van der Waals surface area contributed by atoms with Crippen LogP contribution in [-0.2, 0) is 0 Å². The Kier molecular flexibility index (Phi) is 3.52. The molecular formula is C18H18FNO. The summed E-state index contributed by atoms with van der Waals surface area (Å²) in [6, 6.07) is 13.0. The Bertz CT molecular complexity index is 791. The third-order valence-corrected chi connectivity index (χ3v) is 3.85. The van der Waals surface area contributed by atoms with Crippen molar-refractivity contribution in [2.75, 3.05) is 7.05 Å². The second-order valence-electron chi connectivity index (χ2n) is 5.39. The summed E-state index contributed by atoms with van der Waals surface area (Å²) in [6.07, 6.45) is 0. The SMILES string of the molecule is CNC(C)c1ccc(F)cc1-c1cc2cc(C)ccc2o1. The average molecular weight is 283 g/mol. The third-order valence-electron chi connectivity index (χ3n) is 3.85. The highest BCUT2D eigenvalue weighted by molar-refractivity contribution is 5.84. The summed E-state index contributed by atoms with van der Waals surface area (Å²) < 4.78 is 19.6. The summed E-state index contributed by atoms with van der Waals surface area (Å²) in [5.41, 5.74) is 3.82. The van der Waals surface area contributed by atoms with Gasteiger partial charge in [-0.05, 0) is 56.8 Å². The average Bonchev–Trinajstić information content (AvgIpc) is 2.89. The van der Waals surface area contributed by atoms with Gasteiger partial charge >= 0.3 is 0 Å². The number of aryl methyl sites for hydroxylation is 1. The van der Waals surface area contributed by atoms with Crippen molar-refractivity contribution in [1.82, 2.24) is 5.32 Å². The first kappa shape index (κ1) is 13.8. The van der Waals surface area contributed by atoms with Crippen molar-refractivity contribution in [3.05, 3.63) is 59.4 Å². The Labute approximate surface area is 123 Å². The predicted molar refractivity (Wildman–Crippen MR) is 83.8 cm³/mol. The summed E-state index contributed by atoms with van der Waals surface area (Å²) >= 11 is 0. The summed E-state index contributed by atoms with van der Waals surface area (Å²) in [5.74, 6) is 0.445. The van der Waals surface area contributed by atoms with Gasteiger partial charge in [0.15, 0.2) is 0 Å². The molecule has 0 saturated carbocycles. The molecule has 0 radical (unpaired) electrons. The van der Waals surface area contributed by atoms with Gasteiger partial charge in [0.2, 0.25) is 0 Å². The largest absolute Gasteiger partial charge is 0.456 e. The third kappa shape index (κ3) is 2.57. The smallest absolute Gasteiger partial charge is 0.135 e. The lowest BCUT2D eigenvalue weighted by molar-refractivity contribution is 0.605. The fourth-order valence-electron chi connectivity index (χ4n) is 2.57.